The summed E-state index contributed by atoms with van der Waals surface area (Å²) in [7, 11) is -2.34. The van der Waals surface area contributed by atoms with Gasteiger partial charge in [0.2, 0.25) is 0 Å². The van der Waals surface area contributed by atoms with E-state index in [4.69, 9.17) is 9.84 Å². The van der Waals surface area contributed by atoms with Gasteiger partial charge in [0.15, 0.2) is 5.17 Å². The molecule has 0 bridgehead atoms. The minimum absolute atomic E-state index is 0.0307. The van der Waals surface area contributed by atoms with Crippen LogP contribution in [0.5, 0.6) is 5.75 Å². The number of rotatable bonds is 3. The third kappa shape index (κ3) is 2.99. The fourth-order valence-electron chi connectivity index (χ4n) is 1.45. The molecular weight excluding hydrogens is 292 g/mol. The van der Waals surface area contributed by atoms with Crippen molar-refractivity contribution < 1.29 is 23.1 Å². The highest BCUT2D eigenvalue weighted by atomic mass is 32.2. The molecule has 0 fully saturated rings. The maximum absolute atomic E-state index is 11.9. The van der Waals surface area contributed by atoms with E-state index in [9.17, 15) is 13.2 Å². The molecule has 0 unspecified atom stereocenters. The number of amidine groups is 1. The van der Waals surface area contributed by atoms with E-state index in [0.29, 0.717) is 11.4 Å². The predicted octanol–water partition coefficient (Wildman–Crippen LogP) is 0.983. The highest BCUT2D eigenvalue weighted by Gasteiger charge is 2.25. The third-order valence-corrected chi connectivity index (χ3v) is 4.55. The van der Waals surface area contributed by atoms with Gasteiger partial charge >= 0.3 is 5.97 Å². The number of carboxylic acid groups (broad SMARTS) is 1. The number of sulfonamides is 1. The van der Waals surface area contributed by atoms with Crippen molar-refractivity contribution in [2.75, 3.05) is 18.2 Å². The Morgan fingerprint density at radius 1 is 1.53 bits per heavy atom. The van der Waals surface area contributed by atoms with Gasteiger partial charge < -0.3 is 15.2 Å². The van der Waals surface area contributed by atoms with Gasteiger partial charge in [0.05, 0.1) is 18.6 Å². The number of methoxy groups -OCH3 is 1. The number of carboxylic acids is 1. The van der Waals surface area contributed by atoms with Gasteiger partial charge in [-0.15, -0.1) is 4.40 Å². The summed E-state index contributed by atoms with van der Waals surface area (Å²) in [6.45, 7) is 0. The number of carbonyl (C=O) groups is 1. The fourth-order valence-corrected chi connectivity index (χ4v) is 3.39. The number of fused-ring (bicyclic) bond motifs is 1. The van der Waals surface area contributed by atoms with Crippen LogP contribution in [0.15, 0.2) is 27.5 Å². The normalized spacial score (nSPS) is 15.9. The second-order valence-electron chi connectivity index (χ2n) is 3.54. The lowest BCUT2D eigenvalue weighted by molar-refractivity contribution is -0.133. The van der Waals surface area contributed by atoms with Crippen molar-refractivity contribution >= 4 is 38.6 Å². The summed E-state index contributed by atoms with van der Waals surface area (Å²) in [4.78, 5) is 10.5. The Bertz CT molecular complexity index is 654. The van der Waals surface area contributed by atoms with Crippen LogP contribution in [0.25, 0.3) is 0 Å². The molecule has 7 nitrogen and oxygen atoms in total. The number of nitrogens with one attached hydrogen (secondary N) is 1. The Hall–Kier alpha value is -1.74. The minimum Gasteiger partial charge on any atom is -0.497 e. The van der Waals surface area contributed by atoms with Crippen molar-refractivity contribution in [3.8, 4) is 5.75 Å². The Labute approximate surface area is 113 Å². The van der Waals surface area contributed by atoms with E-state index < -0.39 is 16.0 Å². The first-order chi connectivity index (χ1) is 8.92. The van der Waals surface area contributed by atoms with Crippen LogP contribution in [0.4, 0.5) is 5.69 Å². The summed E-state index contributed by atoms with van der Waals surface area (Å²) < 4.78 is 32.3. The van der Waals surface area contributed by atoms with Crippen LogP contribution >= 0.6 is 11.8 Å². The summed E-state index contributed by atoms with van der Waals surface area (Å²) in [6.07, 6.45) is 0. The second kappa shape index (κ2) is 5.10. The van der Waals surface area contributed by atoms with Gasteiger partial charge in [0.1, 0.15) is 10.6 Å². The quantitative estimate of drug-likeness (QED) is 0.857. The van der Waals surface area contributed by atoms with E-state index in [0.717, 1.165) is 11.8 Å². The van der Waals surface area contributed by atoms with Crippen LogP contribution in [0.3, 0.4) is 0 Å². The van der Waals surface area contributed by atoms with Gasteiger partial charge in [-0.3, -0.25) is 4.79 Å². The number of hydrogen-bond donors (Lipinski definition) is 2. The lowest BCUT2D eigenvalue weighted by Crippen LogP contribution is -2.20. The molecular formula is C10H10N2O5S2. The number of thioether (sulfide) groups is 1. The monoisotopic (exact) mass is 302 g/mol. The molecule has 2 N–H and O–H groups in total. The van der Waals surface area contributed by atoms with Gasteiger partial charge in [0, 0.05) is 6.07 Å². The number of anilines is 1. The molecule has 1 aromatic carbocycles. The molecule has 102 valence electrons. The molecule has 0 amide bonds. The molecule has 1 aliphatic rings. The van der Waals surface area contributed by atoms with Gasteiger partial charge in [-0.2, -0.15) is 8.42 Å². The number of hydrogen-bond acceptors (Lipinski definition) is 6. The molecule has 0 saturated carbocycles. The highest BCUT2D eigenvalue weighted by Crippen LogP contribution is 2.32. The zero-order valence-electron chi connectivity index (χ0n) is 9.78. The summed E-state index contributed by atoms with van der Waals surface area (Å²) >= 11 is 0.804. The number of aliphatic carboxylic acids is 1. The molecule has 0 spiro atoms. The molecule has 0 radical (unpaired) electrons. The molecule has 0 atom stereocenters. The maximum atomic E-state index is 11.9. The highest BCUT2D eigenvalue weighted by molar-refractivity contribution is 8.15. The molecule has 1 aliphatic heterocycles. The molecule has 2 rings (SSSR count). The molecule has 19 heavy (non-hydrogen) atoms. The molecule has 1 aromatic rings. The first kappa shape index (κ1) is 13.7. The minimum atomic E-state index is -3.81. The Morgan fingerprint density at radius 2 is 2.26 bits per heavy atom. The van der Waals surface area contributed by atoms with Crippen LogP contribution in [-0.2, 0) is 14.8 Å². The van der Waals surface area contributed by atoms with Crippen molar-refractivity contribution in [1.82, 2.24) is 0 Å². The second-order valence-corrected chi connectivity index (χ2v) is 6.08. The molecule has 9 heteroatoms. The van der Waals surface area contributed by atoms with Crippen LogP contribution in [0, 0.1) is 0 Å². The molecule has 1 heterocycles. The predicted molar refractivity (Wildman–Crippen MR) is 71.3 cm³/mol. The van der Waals surface area contributed by atoms with Crippen molar-refractivity contribution in [3.05, 3.63) is 18.2 Å². The maximum Gasteiger partial charge on any atom is 0.313 e. The summed E-state index contributed by atoms with van der Waals surface area (Å²) in [5.41, 5.74) is 0.322. The lowest BCUT2D eigenvalue weighted by Gasteiger charge is -2.17. The van der Waals surface area contributed by atoms with Gasteiger partial charge in [0.25, 0.3) is 10.0 Å². The van der Waals surface area contributed by atoms with Crippen molar-refractivity contribution in [2.24, 2.45) is 4.40 Å². The summed E-state index contributed by atoms with van der Waals surface area (Å²) in [6, 6.07) is 4.42. The van der Waals surface area contributed by atoms with E-state index >= 15 is 0 Å². The van der Waals surface area contributed by atoms with E-state index in [1.807, 2.05) is 0 Å². The van der Waals surface area contributed by atoms with Crippen LogP contribution in [0.1, 0.15) is 0 Å². The standard InChI is InChI=1S/C10H10N2O5S2/c1-17-6-2-3-8-7(4-6)11-10(12-19(8,15)16)18-5-9(13)14/h2-4H,5H2,1H3,(H,11,12)(H,13,14). The number of ether oxygens (including phenoxy) is 1. The van der Waals surface area contributed by atoms with Crippen molar-refractivity contribution in [3.63, 3.8) is 0 Å². The van der Waals surface area contributed by atoms with E-state index in [2.05, 4.69) is 9.71 Å². The average Bonchev–Trinajstić information content (AvgIpc) is 2.34. The number of nitrogens with zero attached hydrogens (tertiary/aromatic N) is 1. The van der Waals surface area contributed by atoms with E-state index in [1.165, 1.54) is 25.3 Å². The van der Waals surface area contributed by atoms with Gasteiger partial charge in [-0.1, -0.05) is 11.8 Å². The van der Waals surface area contributed by atoms with E-state index in [1.54, 1.807) is 0 Å². The Kier molecular flexibility index (Phi) is 3.67. The molecule has 0 aliphatic carbocycles. The first-order valence-corrected chi connectivity index (χ1v) is 7.49. The first-order valence-electron chi connectivity index (χ1n) is 5.07. The van der Waals surface area contributed by atoms with E-state index in [-0.39, 0.29) is 15.8 Å². The van der Waals surface area contributed by atoms with Crippen LogP contribution in [-0.4, -0.2) is 37.5 Å². The summed E-state index contributed by atoms with van der Waals surface area (Å²) in [5, 5.41) is 11.4. The number of benzene rings is 1. The third-order valence-electron chi connectivity index (χ3n) is 2.24. The smallest absolute Gasteiger partial charge is 0.313 e. The fraction of sp³-hybridized carbons (Fsp3) is 0.200. The summed E-state index contributed by atoms with van der Waals surface area (Å²) in [5.74, 6) is -0.838. The van der Waals surface area contributed by atoms with Crippen LogP contribution < -0.4 is 10.1 Å². The topological polar surface area (TPSA) is 105 Å². The zero-order valence-corrected chi connectivity index (χ0v) is 11.4. The zero-order chi connectivity index (χ0) is 14.0. The SMILES string of the molecule is COc1ccc2c(c1)NC(SCC(=O)O)=NS2(=O)=O. The van der Waals surface area contributed by atoms with Gasteiger partial charge in [-0.05, 0) is 12.1 Å². The lowest BCUT2D eigenvalue weighted by atomic mass is 10.3. The Balaban J connectivity index is 2.35. The molecule has 0 aromatic heterocycles. The largest absolute Gasteiger partial charge is 0.497 e. The van der Waals surface area contributed by atoms with Gasteiger partial charge in [-0.25, -0.2) is 0 Å². The van der Waals surface area contributed by atoms with Crippen molar-refractivity contribution in [1.29, 1.82) is 0 Å². The van der Waals surface area contributed by atoms with Crippen LogP contribution in [0.2, 0.25) is 0 Å². The molecule has 0 saturated heterocycles. The average molecular weight is 302 g/mol. The van der Waals surface area contributed by atoms with Crippen molar-refractivity contribution in [2.45, 2.75) is 4.90 Å². The Morgan fingerprint density at radius 3 is 2.89 bits per heavy atom.